The summed E-state index contributed by atoms with van der Waals surface area (Å²) >= 11 is 0. The second-order valence-corrected chi connectivity index (χ2v) is 7.06. The Morgan fingerprint density at radius 2 is 1.96 bits per heavy atom. The molecule has 0 aromatic heterocycles. The van der Waals surface area contributed by atoms with Crippen molar-refractivity contribution in [2.24, 2.45) is 4.99 Å². The van der Waals surface area contributed by atoms with Crippen molar-refractivity contribution in [1.82, 2.24) is 0 Å². The fourth-order valence-corrected chi connectivity index (χ4v) is 3.42. The van der Waals surface area contributed by atoms with Gasteiger partial charge in [0.25, 0.3) is 0 Å². The van der Waals surface area contributed by atoms with Gasteiger partial charge in [-0.05, 0) is 11.6 Å². The van der Waals surface area contributed by atoms with Gasteiger partial charge in [0.15, 0.2) is 0 Å². The number of hydrogen-bond donors (Lipinski definition) is 0. The molecule has 7 heteroatoms. The second kappa shape index (κ2) is 13.1. The summed E-state index contributed by atoms with van der Waals surface area (Å²) in [6.45, 7) is 6.69. The maximum atomic E-state index is 12.5. The van der Waals surface area contributed by atoms with Gasteiger partial charge in [-0.15, -0.1) is 16.5 Å². The van der Waals surface area contributed by atoms with Crippen molar-refractivity contribution >= 4 is 34.1 Å². The summed E-state index contributed by atoms with van der Waals surface area (Å²) in [6, 6.07) is 14.8. The van der Waals surface area contributed by atoms with Gasteiger partial charge in [0.1, 0.15) is 0 Å². The number of fused-ring (bicyclic) bond motifs is 1. The third-order valence-electron chi connectivity index (χ3n) is 3.68. The summed E-state index contributed by atoms with van der Waals surface area (Å²) in [6.07, 6.45) is 0.199. The van der Waals surface area contributed by atoms with E-state index in [-0.39, 0.29) is 59.5 Å². The SMILES string of the molecule is C=S(C[C-](F)F)c1[c-]cc(C)c(N2C=Nc3ccccc3C2)c1.CC.[W].[Y]. The molecule has 1 aliphatic heterocycles. The van der Waals surface area contributed by atoms with Crippen LogP contribution in [0.2, 0.25) is 0 Å². The molecule has 0 saturated heterocycles. The fourth-order valence-electron chi connectivity index (χ4n) is 2.49. The van der Waals surface area contributed by atoms with E-state index in [9.17, 15) is 8.78 Å². The van der Waals surface area contributed by atoms with Gasteiger partial charge in [0, 0.05) is 66.7 Å². The first-order chi connectivity index (χ1) is 12.0. The average molecular weight is 633 g/mol. The summed E-state index contributed by atoms with van der Waals surface area (Å²) in [5.41, 5.74) is 4.09. The van der Waals surface area contributed by atoms with Gasteiger partial charge >= 0.3 is 0 Å². The summed E-state index contributed by atoms with van der Waals surface area (Å²) in [7, 11) is -0.795. The average Bonchev–Trinajstić information content (AvgIpc) is 2.63. The number of aryl methyl sites for hydroxylation is 1. The van der Waals surface area contributed by atoms with E-state index in [1.807, 2.05) is 62.1 Å². The smallest absolute Gasteiger partial charge is 0.0942 e. The largest absolute Gasteiger partial charge is 0.420 e. The van der Waals surface area contributed by atoms with Gasteiger partial charge < -0.3 is 13.7 Å². The van der Waals surface area contributed by atoms with E-state index in [1.165, 1.54) is 0 Å². The Hall–Kier alpha value is -0.218. The zero-order valence-electron chi connectivity index (χ0n) is 15.7. The van der Waals surface area contributed by atoms with Crippen LogP contribution in [-0.2, 0) is 60.3 Å². The van der Waals surface area contributed by atoms with E-state index in [0.29, 0.717) is 11.4 Å². The van der Waals surface area contributed by atoms with E-state index in [0.717, 1.165) is 22.5 Å². The fraction of sp³-hybridized carbons (Fsp3) is 0.250. The van der Waals surface area contributed by atoms with Crippen LogP contribution in [0.25, 0.3) is 0 Å². The van der Waals surface area contributed by atoms with Crippen molar-refractivity contribution in [1.29, 1.82) is 0 Å². The standard InChI is InChI=1S/C18H16F2N2S.C2H6.W.Y/c1-13-7-8-15(23(2)11-18(19)20)9-17(13)22-10-14-5-3-4-6-16(14)21-12-22;1-2;;/h3-7,9,12H,2,10-11H2,1H3;1-2H3;;/q-2;;;. The first kappa shape index (κ1) is 26.8. The molecule has 27 heavy (non-hydrogen) atoms. The topological polar surface area (TPSA) is 15.6 Å². The zero-order valence-corrected chi connectivity index (χ0v) is 22.3. The first-order valence-electron chi connectivity index (χ1n) is 8.13. The second-order valence-electron chi connectivity index (χ2n) is 5.34. The molecule has 143 valence electrons. The van der Waals surface area contributed by atoms with E-state index < -0.39 is 16.9 Å². The van der Waals surface area contributed by atoms with E-state index >= 15 is 0 Å². The molecule has 2 aromatic rings. The van der Waals surface area contributed by atoms with Crippen LogP contribution in [0.4, 0.5) is 20.2 Å². The van der Waals surface area contributed by atoms with Crippen molar-refractivity contribution in [2.75, 3.05) is 10.7 Å². The van der Waals surface area contributed by atoms with Gasteiger partial charge in [-0.1, -0.05) is 56.3 Å². The number of rotatable bonds is 4. The monoisotopic (exact) mass is 633 g/mol. The molecular formula is C20H22F2N2SWY-2. The van der Waals surface area contributed by atoms with Crippen LogP contribution in [0.5, 0.6) is 0 Å². The van der Waals surface area contributed by atoms with Crippen molar-refractivity contribution in [3.8, 4) is 0 Å². The molecule has 0 bridgehead atoms. The molecule has 1 radical (unpaired) electrons. The maximum absolute atomic E-state index is 12.5. The Bertz CT molecular complexity index is 784. The molecule has 1 unspecified atom stereocenters. The van der Waals surface area contributed by atoms with Crippen molar-refractivity contribution < 1.29 is 62.6 Å². The number of para-hydroxylation sites is 1. The summed E-state index contributed by atoms with van der Waals surface area (Å²) in [5.74, 6) is 3.53. The van der Waals surface area contributed by atoms with Crippen LogP contribution >= 0.6 is 10.5 Å². The van der Waals surface area contributed by atoms with Crippen LogP contribution in [-0.4, -0.2) is 18.0 Å². The number of anilines is 1. The van der Waals surface area contributed by atoms with Crippen LogP contribution < -0.4 is 4.90 Å². The summed E-state index contributed by atoms with van der Waals surface area (Å²) < 4.78 is 25.0. The molecule has 3 rings (SSSR count). The molecule has 1 atom stereocenters. The molecule has 0 spiro atoms. The Balaban J connectivity index is 0.00000164. The zero-order chi connectivity index (χ0) is 18.4. The molecule has 1 heterocycles. The predicted molar refractivity (Wildman–Crippen MR) is 105 cm³/mol. The van der Waals surface area contributed by atoms with Crippen LogP contribution in [0.3, 0.4) is 0 Å². The van der Waals surface area contributed by atoms with E-state index in [2.05, 4.69) is 16.9 Å². The molecule has 2 nitrogen and oxygen atoms in total. The molecule has 2 aromatic carbocycles. The Morgan fingerprint density at radius 1 is 1.30 bits per heavy atom. The van der Waals surface area contributed by atoms with Crippen molar-refractivity contribution in [2.45, 2.75) is 32.2 Å². The Labute approximate surface area is 202 Å². The maximum Gasteiger partial charge on any atom is 0.0942 e. The Morgan fingerprint density at radius 3 is 2.63 bits per heavy atom. The number of hydrogen-bond acceptors (Lipinski definition) is 2. The van der Waals surface area contributed by atoms with Crippen LogP contribution in [0, 0.1) is 19.4 Å². The third-order valence-corrected chi connectivity index (χ3v) is 5.10. The van der Waals surface area contributed by atoms with Crippen molar-refractivity contribution in [3.05, 3.63) is 60.0 Å². The molecular weight excluding hydrogens is 611 g/mol. The van der Waals surface area contributed by atoms with Gasteiger partial charge in [0.2, 0.25) is 0 Å². The number of nitrogens with zero attached hydrogens (tertiary/aromatic N) is 2. The molecule has 0 fully saturated rings. The van der Waals surface area contributed by atoms with E-state index in [4.69, 9.17) is 0 Å². The quantitative estimate of drug-likeness (QED) is 0.299. The third kappa shape index (κ3) is 7.27. The normalized spacial score (nSPS) is 12.9. The van der Waals surface area contributed by atoms with E-state index in [1.54, 1.807) is 6.34 Å². The number of halogens is 2. The van der Waals surface area contributed by atoms with Gasteiger partial charge in [-0.25, -0.2) is 15.5 Å². The first-order valence-corrected chi connectivity index (χ1v) is 9.69. The van der Waals surface area contributed by atoms with Crippen LogP contribution in [0.1, 0.15) is 25.0 Å². The van der Waals surface area contributed by atoms with Crippen LogP contribution in [0.15, 0.2) is 46.3 Å². The summed E-state index contributed by atoms with van der Waals surface area (Å²) in [5, 5.41) is 0. The summed E-state index contributed by atoms with van der Waals surface area (Å²) in [4.78, 5) is 7.21. The number of benzene rings is 2. The minimum absolute atomic E-state index is 0. The molecule has 1 aliphatic rings. The van der Waals surface area contributed by atoms with Gasteiger partial charge in [-0.3, -0.25) is 0 Å². The van der Waals surface area contributed by atoms with Gasteiger partial charge in [0.05, 0.1) is 12.0 Å². The molecule has 0 N–H and O–H groups in total. The molecule has 0 saturated carbocycles. The van der Waals surface area contributed by atoms with Crippen molar-refractivity contribution in [3.63, 3.8) is 0 Å². The molecule has 0 aliphatic carbocycles. The predicted octanol–water partition coefficient (Wildman–Crippen LogP) is 5.98. The minimum atomic E-state index is -1.59. The minimum Gasteiger partial charge on any atom is -0.420 e. The number of aliphatic imine (C=N–C) groups is 1. The molecule has 0 amide bonds. The van der Waals surface area contributed by atoms with Gasteiger partial charge in [-0.2, -0.15) is 12.1 Å². The Kier molecular flexibility index (Phi) is 13.0.